The first-order chi connectivity index (χ1) is 12.7. The van der Waals surface area contributed by atoms with Crippen LogP contribution in [0.4, 0.5) is 0 Å². The highest BCUT2D eigenvalue weighted by atomic mass is 32.2. The van der Waals surface area contributed by atoms with Gasteiger partial charge in [0.1, 0.15) is 0 Å². The van der Waals surface area contributed by atoms with E-state index < -0.39 is 0 Å². The summed E-state index contributed by atoms with van der Waals surface area (Å²) in [6, 6.07) is 14.8. The van der Waals surface area contributed by atoms with Gasteiger partial charge in [0.2, 0.25) is 0 Å². The summed E-state index contributed by atoms with van der Waals surface area (Å²) in [7, 11) is 0. The largest absolute Gasteiger partial charge is 0.336 e. The number of carbonyl (C=O) groups excluding carboxylic acids is 1. The second-order valence-electron chi connectivity index (χ2n) is 7.02. The van der Waals surface area contributed by atoms with Gasteiger partial charge < -0.3 is 16.0 Å². The van der Waals surface area contributed by atoms with Crippen LogP contribution in [0.5, 0.6) is 0 Å². The quantitative estimate of drug-likeness (QED) is 0.845. The maximum Gasteiger partial charge on any atom is 0.254 e. The van der Waals surface area contributed by atoms with Gasteiger partial charge in [-0.2, -0.15) is 0 Å². The Morgan fingerprint density at radius 3 is 2.96 bits per heavy atom. The lowest BCUT2D eigenvalue weighted by atomic mass is 10.0. The normalized spacial score (nSPS) is 26.3. The molecule has 2 heterocycles. The summed E-state index contributed by atoms with van der Waals surface area (Å²) >= 11 is 3.96. The Bertz CT molecular complexity index is 779. The Morgan fingerprint density at radius 2 is 2.12 bits per heavy atom. The maximum absolute atomic E-state index is 13.1. The molecule has 2 aliphatic rings. The monoisotopic (exact) mass is 387 g/mol. The van der Waals surface area contributed by atoms with Gasteiger partial charge in [-0.25, -0.2) is 0 Å². The lowest BCUT2D eigenvalue weighted by Crippen LogP contribution is -2.53. The van der Waals surface area contributed by atoms with Gasteiger partial charge in [0, 0.05) is 48.8 Å². The molecular weight excluding hydrogens is 362 g/mol. The van der Waals surface area contributed by atoms with E-state index in [1.54, 1.807) is 0 Å². The Labute approximate surface area is 163 Å². The third-order valence-electron chi connectivity index (χ3n) is 5.04. The predicted molar refractivity (Wildman–Crippen MR) is 113 cm³/mol. The molecular formula is C20H25N3OS2. The molecule has 0 bridgehead atoms. The minimum absolute atomic E-state index is 0.149. The second-order valence-corrected chi connectivity index (χ2v) is 9.79. The van der Waals surface area contributed by atoms with Crippen LogP contribution in [0.1, 0.15) is 16.8 Å². The Hall–Kier alpha value is -1.21. The van der Waals surface area contributed by atoms with Gasteiger partial charge in [-0.1, -0.05) is 36.4 Å². The molecule has 0 spiro atoms. The summed E-state index contributed by atoms with van der Waals surface area (Å²) < 4.78 is 0.607. The number of carbonyl (C=O) groups is 1. The van der Waals surface area contributed by atoms with E-state index in [9.17, 15) is 4.79 Å². The fraction of sp³-hybridized carbons (Fsp3) is 0.450. The average Bonchev–Trinajstić information content (AvgIpc) is 3.11. The molecule has 3 N–H and O–H groups in total. The van der Waals surface area contributed by atoms with Crippen molar-refractivity contribution in [2.75, 3.05) is 31.1 Å². The first kappa shape index (κ1) is 18.2. The van der Waals surface area contributed by atoms with Crippen molar-refractivity contribution in [2.45, 2.75) is 23.1 Å². The van der Waals surface area contributed by atoms with E-state index in [0.29, 0.717) is 16.7 Å². The van der Waals surface area contributed by atoms with Crippen LogP contribution >= 0.6 is 23.5 Å². The minimum atomic E-state index is 0.149. The fourth-order valence-electron chi connectivity index (χ4n) is 3.66. The number of rotatable bonds is 4. The number of nitrogens with one attached hydrogen (secondary N) is 1. The van der Waals surface area contributed by atoms with E-state index in [0.717, 1.165) is 53.9 Å². The zero-order chi connectivity index (χ0) is 17.9. The first-order valence-electron chi connectivity index (χ1n) is 9.20. The second kappa shape index (κ2) is 8.21. The predicted octanol–water partition coefficient (Wildman–Crippen LogP) is 2.78. The molecule has 2 aliphatic heterocycles. The Balaban J connectivity index is 1.41. The number of benzene rings is 2. The van der Waals surface area contributed by atoms with Crippen molar-refractivity contribution in [1.82, 2.24) is 10.2 Å². The average molecular weight is 388 g/mol. The summed E-state index contributed by atoms with van der Waals surface area (Å²) in [4.78, 5) is 15.1. The molecule has 6 heteroatoms. The van der Waals surface area contributed by atoms with Crippen LogP contribution in [0.25, 0.3) is 10.8 Å². The molecule has 0 aromatic heterocycles. The van der Waals surface area contributed by atoms with Gasteiger partial charge in [-0.15, -0.1) is 23.5 Å². The standard InChI is InChI=1S/C20H25N3OS2/c21-15-10-19(25-12-15)26-13-16-11-23(9-8-22-16)20(24)18-7-3-5-14-4-1-2-6-17(14)18/h1-7,15-16,19,22H,8-13,21H2/t15?,16-,19?/m1/s1. The highest BCUT2D eigenvalue weighted by Gasteiger charge is 2.28. The van der Waals surface area contributed by atoms with Gasteiger partial charge in [-0.3, -0.25) is 4.79 Å². The lowest BCUT2D eigenvalue weighted by Gasteiger charge is -2.34. The summed E-state index contributed by atoms with van der Waals surface area (Å²) in [5, 5.41) is 5.74. The number of piperazine rings is 1. The van der Waals surface area contributed by atoms with Crippen molar-refractivity contribution in [3.05, 3.63) is 48.0 Å². The number of nitrogens with two attached hydrogens (primary N) is 1. The number of thioether (sulfide) groups is 2. The van der Waals surface area contributed by atoms with Crippen LogP contribution in [-0.4, -0.2) is 58.6 Å². The molecule has 2 aromatic carbocycles. The van der Waals surface area contributed by atoms with Crippen molar-refractivity contribution in [3.63, 3.8) is 0 Å². The van der Waals surface area contributed by atoms with Crippen LogP contribution in [0.15, 0.2) is 42.5 Å². The number of hydrogen-bond acceptors (Lipinski definition) is 5. The third-order valence-corrected chi connectivity index (χ3v) is 8.20. The van der Waals surface area contributed by atoms with Gasteiger partial charge in [0.25, 0.3) is 5.91 Å². The Morgan fingerprint density at radius 1 is 1.27 bits per heavy atom. The fourth-order valence-corrected chi connectivity index (χ4v) is 6.55. The maximum atomic E-state index is 13.1. The topological polar surface area (TPSA) is 58.4 Å². The third kappa shape index (κ3) is 4.03. The highest BCUT2D eigenvalue weighted by molar-refractivity contribution is 8.17. The molecule has 1 amide bonds. The number of nitrogens with zero attached hydrogens (tertiary/aromatic N) is 1. The first-order valence-corrected chi connectivity index (χ1v) is 11.3. The van der Waals surface area contributed by atoms with E-state index in [-0.39, 0.29) is 5.91 Å². The molecule has 138 valence electrons. The van der Waals surface area contributed by atoms with E-state index in [4.69, 9.17) is 5.73 Å². The van der Waals surface area contributed by atoms with Crippen LogP contribution in [0.2, 0.25) is 0 Å². The number of fused-ring (bicyclic) bond motifs is 1. The number of hydrogen-bond donors (Lipinski definition) is 2. The summed E-state index contributed by atoms with van der Waals surface area (Å²) in [6.07, 6.45) is 1.10. The molecule has 4 rings (SSSR count). The van der Waals surface area contributed by atoms with Crippen LogP contribution in [-0.2, 0) is 0 Å². The molecule has 2 unspecified atom stereocenters. The van der Waals surface area contributed by atoms with Crippen LogP contribution < -0.4 is 11.1 Å². The van der Waals surface area contributed by atoms with Crippen molar-refractivity contribution in [3.8, 4) is 0 Å². The van der Waals surface area contributed by atoms with Crippen LogP contribution in [0.3, 0.4) is 0 Å². The van der Waals surface area contributed by atoms with Crippen molar-refractivity contribution < 1.29 is 4.79 Å². The zero-order valence-electron chi connectivity index (χ0n) is 14.8. The van der Waals surface area contributed by atoms with Crippen molar-refractivity contribution in [1.29, 1.82) is 0 Å². The van der Waals surface area contributed by atoms with E-state index in [1.807, 2.05) is 58.8 Å². The molecule has 0 aliphatic carbocycles. The van der Waals surface area contributed by atoms with Gasteiger partial charge in [-0.05, 0) is 23.3 Å². The zero-order valence-corrected chi connectivity index (χ0v) is 16.4. The Kier molecular flexibility index (Phi) is 5.74. The number of amides is 1. The molecule has 4 nitrogen and oxygen atoms in total. The molecule has 0 radical (unpaired) electrons. The lowest BCUT2D eigenvalue weighted by molar-refractivity contribution is 0.0712. The smallest absolute Gasteiger partial charge is 0.254 e. The van der Waals surface area contributed by atoms with E-state index >= 15 is 0 Å². The highest BCUT2D eigenvalue weighted by Crippen LogP contribution is 2.34. The van der Waals surface area contributed by atoms with E-state index in [2.05, 4.69) is 17.4 Å². The van der Waals surface area contributed by atoms with Crippen molar-refractivity contribution in [2.24, 2.45) is 5.73 Å². The minimum Gasteiger partial charge on any atom is -0.336 e. The van der Waals surface area contributed by atoms with Crippen LogP contribution in [0, 0.1) is 0 Å². The molecule has 0 saturated carbocycles. The molecule has 2 saturated heterocycles. The molecule has 26 heavy (non-hydrogen) atoms. The summed E-state index contributed by atoms with van der Waals surface area (Å²) in [6.45, 7) is 2.41. The molecule has 3 atom stereocenters. The van der Waals surface area contributed by atoms with Gasteiger partial charge in [0.05, 0.1) is 4.58 Å². The SMILES string of the molecule is NC1CSC(SC[C@H]2CN(C(=O)c3cccc4ccccc34)CCN2)C1. The van der Waals surface area contributed by atoms with Crippen molar-refractivity contribution >= 4 is 40.2 Å². The summed E-state index contributed by atoms with van der Waals surface area (Å²) in [5.74, 6) is 2.25. The molecule has 2 fully saturated rings. The molecule has 2 aromatic rings. The van der Waals surface area contributed by atoms with E-state index in [1.165, 1.54) is 0 Å². The van der Waals surface area contributed by atoms with Gasteiger partial charge >= 0.3 is 0 Å². The summed E-state index contributed by atoms with van der Waals surface area (Å²) in [5.41, 5.74) is 6.82. The van der Waals surface area contributed by atoms with Gasteiger partial charge in [0.15, 0.2) is 0 Å².